The number of hydrogen-bond acceptors (Lipinski definition) is 1. The highest BCUT2D eigenvalue weighted by Gasteiger charge is 2.40. The molecule has 224 valence electrons. The Balaban J connectivity index is 1.03. The van der Waals surface area contributed by atoms with Gasteiger partial charge in [-0.2, -0.15) is 4.39 Å². The van der Waals surface area contributed by atoms with E-state index in [2.05, 4.69) is 6.92 Å². The van der Waals surface area contributed by atoms with Gasteiger partial charge in [0.15, 0.2) is 11.6 Å². The second-order valence-electron chi connectivity index (χ2n) is 14.3. The van der Waals surface area contributed by atoms with Crippen LogP contribution in [0.15, 0.2) is 24.3 Å². The number of aryl methyl sites for hydroxylation is 1. The van der Waals surface area contributed by atoms with Crippen molar-refractivity contribution in [3.8, 4) is 5.75 Å². The number of benzene rings is 1. The summed E-state index contributed by atoms with van der Waals surface area (Å²) >= 11 is 0. The lowest BCUT2D eigenvalue weighted by atomic mass is 9.60. The summed E-state index contributed by atoms with van der Waals surface area (Å²) in [6.07, 6.45) is 27.9. The van der Waals surface area contributed by atoms with Gasteiger partial charge in [0.25, 0.3) is 0 Å². The van der Waals surface area contributed by atoms with Crippen molar-refractivity contribution < 1.29 is 13.5 Å². The average Bonchev–Trinajstić information content (AvgIpc) is 2.99. The van der Waals surface area contributed by atoms with Crippen LogP contribution in [0.3, 0.4) is 0 Å². The number of halogens is 2. The van der Waals surface area contributed by atoms with Crippen molar-refractivity contribution in [2.75, 3.05) is 6.61 Å². The van der Waals surface area contributed by atoms with Gasteiger partial charge in [0.1, 0.15) is 0 Å². The molecular weight excluding hydrogens is 498 g/mol. The number of hydrogen-bond donors (Lipinski definition) is 0. The van der Waals surface area contributed by atoms with Gasteiger partial charge in [0.2, 0.25) is 5.82 Å². The van der Waals surface area contributed by atoms with Crippen LogP contribution in [0.5, 0.6) is 5.75 Å². The molecule has 0 aliphatic heterocycles. The van der Waals surface area contributed by atoms with Crippen molar-refractivity contribution in [3.05, 3.63) is 41.5 Å². The molecule has 4 saturated carbocycles. The molecule has 4 aliphatic rings. The summed E-state index contributed by atoms with van der Waals surface area (Å²) in [6, 6.07) is 3.33. The van der Waals surface area contributed by atoms with Gasteiger partial charge in [-0.1, -0.05) is 50.8 Å². The highest BCUT2D eigenvalue weighted by atomic mass is 19.2. The Labute approximate surface area is 243 Å². The van der Waals surface area contributed by atoms with Gasteiger partial charge in [-0.25, -0.2) is 4.39 Å². The van der Waals surface area contributed by atoms with Crippen LogP contribution in [0.2, 0.25) is 0 Å². The molecule has 0 radical (unpaired) electrons. The summed E-state index contributed by atoms with van der Waals surface area (Å²) in [7, 11) is 0. The van der Waals surface area contributed by atoms with Crippen LogP contribution in [0.4, 0.5) is 8.78 Å². The Kier molecular flexibility index (Phi) is 11.0. The van der Waals surface area contributed by atoms with Gasteiger partial charge in [0.05, 0.1) is 6.61 Å². The molecule has 4 fully saturated rings. The summed E-state index contributed by atoms with van der Waals surface area (Å²) in [4.78, 5) is 0. The maximum Gasteiger partial charge on any atom is 0.200 e. The van der Waals surface area contributed by atoms with Gasteiger partial charge in [-0.05, 0) is 156 Å². The zero-order chi connectivity index (χ0) is 27.9. The van der Waals surface area contributed by atoms with Gasteiger partial charge < -0.3 is 4.74 Å². The maximum atomic E-state index is 14.7. The molecule has 0 amide bonds. The van der Waals surface area contributed by atoms with Gasteiger partial charge in [-0.15, -0.1) is 0 Å². The van der Waals surface area contributed by atoms with Crippen LogP contribution in [-0.4, -0.2) is 6.61 Å². The lowest BCUT2D eigenvalue weighted by molar-refractivity contribution is 0.0419. The van der Waals surface area contributed by atoms with E-state index in [9.17, 15) is 8.78 Å². The lowest BCUT2D eigenvalue weighted by Gasteiger charge is -2.46. The monoisotopic (exact) mass is 554 g/mol. The lowest BCUT2D eigenvalue weighted by Crippen LogP contribution is -2.36. The zero-order valence-electron chi connectivity index (χ0n) is 25.5. The summed E-state index contributed by atoms with van der Waals surface area (Å²) in [5.74, 6) is 5.72. The topological polar surface area (TPSA) is 9.23 Å². The molecular formula is C37H56F2O. The fraction of sp³-hybridized carbons (Fsp3) is 0.784. The van der Waals surface area contributed by atoms with E-state index in [1.54, 1.807) is 12.1 Å². The largest absolute Gasteiger partial charge is 0.490 e. The second kappa shape index (κ2) is 14.7. The summed E-state index contributed by atoms with van der Waals surface area (Å²) in [5.41, 5.74) is 0.434. The van der Waals surface area contributed by atoms with Gasteiger partial charge in [0, 0.05) is 0 Å². The van der Waals surface area contributed by atoms with Crippen LogP contribution in [0, 0.1) is 59.0 Å². The van der Waals surface area contributed by atoms with E-state index in [0.29, 0.717) is 24.5 Å². The van der Waals surface area contributed by atoms with Crippen molar-refractivity contribution in [1.82, 2.24) is 0 Å². The minimum atomic E-state index is -0.814. The quantitative estimate of drug-likeness (QED) is 0.261. The predicted molar refractivity (Wildman–Crippen MR) is 162 cm³/mol. The third-order valence-electron chi connectivity index (χ3n) is 11.9. The number of ether oxygens (including phenoxy) is 1. The molecule has 0 aromatic heterocycles. The Hall–Kier alpha value is -1.38. The van der Waals surface area contributed by atoms with E-state index in [1.165, 1.54) is 103 Å². The summed E-state index contributed by atoms with van der Waals surface area (Å²) in [5, 5.41) is 0. The van der Waals surface area contributed by atoms with E-state index in [0.717, 1.165) is 47.8 Å². The fourth-order valence-electron chi connectivity index (χ4n) is 9.54. The molecule has 4 aliphatic carbocycles. The minimum absolute atomic E-state index is 0.0859. The van der Waals surface area contributed by atoms with E-state index >= 15 is 0 Å². The normalized spacial score (nSPS) is 35.0. The molecule has 4 atom stereocenters. The molecule has 1 nitrogen and oxygen atoms in total. The predicted octanol–water partition coefficient (Wildman–Crippen LogP) is 11.1. The number of fused-ring (bicyclic) bond motifs is 1. The summed E-state index contributed by atoms with van der Waals surface area (Å²) in [6.45, 7) is 4.81. The van der Waals surface area contributed by atoms with Gasteiger partial charge in [-0.3, -0.25) is 0 Å². The van der Waals surface area contributed by atoms with Crippen LogP contribution in [0.1, 0.15) is 129 Å². The van der Waals surface area contributed by atoms with Crippen LogP contribution in [0.25, 0.3) is 0 Å². The van der Waals surface area contributed by atoms with Crippen molar-refractivity contribution in [2.45, 2.75) is 129 Å². The smallest absolute Gasteiger partial charge is 0.200 e. The van der Waals surface area contributed by atoms with Gasteiger partial charge >= 0.3 is 0 Å². The first-order valence-corrected chi connectivity index (χ1v) is 17.3. The summed E-state index contributed by atoms with van der Waals surface area (Å²) < 4.78 is 35.1. The number of rotatable bonds is 10. The second-order valence-corrected chi connectivity index (χ2v) is 14.3. The average molecular weight is 555 g/mol. The third-order valence-corrected chi connectivity index (χ3v) is 11.9. The maximum absolute atomic E-state index is 14.7. The molecule has 0 N–H and O–H groups in total. The Morgan fingerprint density at radius 3 is 1.93 bits per heavy atom. The first-order chi connectivity index (χ1) is 19.6. The Morgan fingerprint density at radius 2 is 1.25 bits per heavy atom. The SMILES string of the molecule is C/C=C/CCc1ccc(OCC2CCC3CC(C4CCC(C5CCC(CCC)CC5)CC4)CCC3C2)c(F)c1F. The highest BCUT2D eigenvalue weighted by molar-refractivity contribution is 5.31. The minimum Gasteiger partial charge on any atom is -0.490 e. The molecule has 0 bridgehead atoms. The zero-order valence-corrected chi connectivity index (χ0v) is 25.5. The Bertz CT molecular complexity index is 940. The molecule has 0 spiro atoms. The van der Waals surface area contributed by atoms with Crippen LogP contribution >= 0.6 is 0 Å². The van der Waals surface area contributed by atoms with Crippen molar-refractivity contribution in [1.29, 1.82) is 0 Å². The third kappa shape index (κ3) is 7.52. The fourth-order valence-corrected chi connectivity index (χ4v) is 9.54. The molecule has 3 heteroatoms. The molecule has 0 saturated heterocycles. The van der Waals surface area contributed by atoms with E-state index in [1.807, 2.05) is 19.1 Å². The van der Waals surface area contributed by atoms with Crippen molar-refractivity contribution in [2.24, 2.45) is 47.3 Å². The molecule has 4 unspecified atom stereocenters. The molecule has 40 heavy (non-hydrogen) atoms. The first-order valence-electron chi connectivity index (χ1n) is 17.3. The number of allylic oxidation sites excluding steroid dienone is 2. The molecule has 1 aromatic carbocycles. The highest BCUT2D eigenvalue weighted by Crippen LogP contribution is 2.50. The van der Waals surface area contributed by atoms with E-state index < -0.39 is 11.6 Å². The standard InChI is InChI=1S/C37H56F2O/c1-3-5-6-8-31-21-22-35(37(39)36(31)38)40-25-27-11-14-34-24-33(20-19-32(34)23-27)30-17-15-29(16-18-30)28-12-9-26(7-4-2)10-13-28/h3,5,21-22,26-30,32-34H,4,6-20,23-25H2,1-2H3/b5-3+. The molecule has 1 aromatic rings. The molecule has 5 rings (SSSR count). The van der Waals surface area contributed by atoms with E-state index in [4.69, 9.17) is 4.74 Å². The Morgan fingerprint density at radius 1 is 0.700 bits per heavy atom. The first kappa shape index (κ1) is 30.1. The van der Waals surface area contributed by atoms with Crippen LogP contribution in [-0.2, 0) is 6.42 Å². The van der Waals surface area contributed by atoms with Crippen molar-refractivity contribution in [3.63, 3.8) is 0 Å². The molecule has 0 heterocycles. The van der Waals surface area contributed by atoms with E-state index in [-0.39, 0.29) is 5.75 Å². The van der Waals surface area contributed by atoms with Crippen LogP contribution < -0.4 is 4.74 Å². The van der Waals surface area contributed by atoms with Crippen molar-refractivity contribution >= 4 is 0 Å².